The van der Waals surface area contributed by atoms with Gasteiger partial charge in [0.25, 0.3) is 0 Å². The van der Waals surface area contributed by atoms with Crippen LogP contribution in [0.25, 0.3) is 0 Å². The van der Waals surface area contributed by atoms with Crippen molar-refractivity contribution in [2.24, 2.45) is 17.3 Å². The zero-order valence-corrected chi connectivity index (χ0v) is 13.0. The van der Waals surface area contributed by atoms with E-state index in [4.69, 9.17) is 4.74 Å². The summed E-state index contributed by atoms with van der Waals surface area (Å²) in [6.45, 7) is 5.14. The Labute approximate surface area is 130 Å². The first-order chi connectivity index (χ1) is 10.5. The van der Waals surface area contributed by atoms with Crippen molar-refractivity contribution in [2.75, 3.05) is 6.61 Å². The van der Waals surface area contributed by atoms with Crippen LogP contribution in [0.4, 0.5) is 4.39 Å². The van der Waals surface area contributed by atoms with Gasteiger partial charge in [-0.2, -0.15) is 0 Å². The summed E-state index contributed by atoms with van der Waals surface area (Å²) in [6, 6.07) is 6.83. The topological polar surface area (TPSA) is 38.3 Å². The summed E-state index contributed by atoms with van der Waals surface area (Å²) in [5.74, 6) is 0.533. The standard InChI is InChI=1S/C18H22FNO2/c1-18(2)15(12-6-7-22-16(12)18)20-17(21)14-9-13(14)10-4-3-5-11(19)8-10/h3-5,8,12-16H,6-7,9H2,1-2H3,(H,20,21). The summed E-state index contributed by atoms with van der Waals surface area (Å²) in [4.78, 5) is 12.5. The number of halogens is 1. The zero-order valence-electron chi connectivity index (χ0n) is 13.0. The van der Waals surface area contributed by atoms with Crippen molar-refractivity contribution in [1.29, 1.82) is 0 Å². The number of hydrogen-bond acceptors (Lipinski definition) is 2. The Morgan fingerprint density at radius 3 is 3.00 bits per heavy atom. The Balaban J connectivity index is 1.40. The molecule has 0 radical (unpaired) electrons. The van der Waals surface area contributed by atoms with Crippen LogP contribution in [0.2, 0.25) is 0 Å². The van der Waals surface area contributed by atoms with Gasteiger partial charge in [0, 0.05) is 29.9 Å². The van der Waals surface area contributed by atoms with Crippen LogP contribution in [-0.4, -0.2) is 24.7 Å². The first kappa shape index (κ1) is 14.2. The Morgan fingerprint density at radius 1 is 1.41 bits per heavy atom. The molecule has 2 aliphatic carbocycles. The number of nitrogens with one attached hydrogen (secondary N) is 1. The molecule has 1 amide bonds. The van der Waals surface area contributed by atoms with Gasteiger partial charge >= 0.3 is 0 Å². The Kier molecular flexibility index (Phi) is 3.09. The predicted octanol–water partition coefficient (Wildman–Crippen LogP) is 2.86. The van der Waals surface area contributed by atoms with E-state index in [1.54, 1.807) is 12.1 Å². The van der Waals surface area contributed by atoms with Crippen LogP contribution in [0.3, 0.4) is 0 Å². The molecule has 1 aliphatic heterocycles. The third-order valence-corrected chi connectivity index (χ3v) is 5.80. The fourth-order valence-corrected chi connectivity index (χ4v) is 4.47. The smallest absolute Gasteiger partial charge is 0.223 e. The van der Waals surface area contributed by atoms with E-state index in [2.05, 4.69) is 19.2 Å². The third kappa shape index (κ3) is 2.08. The van der Waals surface area contributed by atoms with Gasteiger partial charge in [-0.1, -0.05) is 26.0 Å². The maximum Gasteiger partial charge on any atom is 0.223 e. The number of hydrogen-bond donors (Lipinski definition) is 1. The highest BCUT2D eigenvalue weighted by atomic mass is 19.1. The monoisotopic (exact) mass is 303 g/mol. The molecule has 4 heteroatoms. The van der Waals surface area contributed by atoms with Crippen molar-refractivity contribution in [2.45, 2.75) is 44.8 Å². The molecule has 3 aliphatic rings. The number of ether oxygens (including phenoxy) is 1. The third-order valence-electron chi connectivity index (χ3n) is 5.80. The van der Waals surface area contributed by atoms with Crippen molar-refractivity contribution in [3.63, 3.8) is 0 Å². The van der Waals surface area contributed by atoms with E-state index < -0.39 is 0 Å². The predicted molar refractivity (Wildman–Crippen MR) is 80.8 cm³/mol. The van der Waals surface area contributed by atoms with Crippen molar-refractivity contribution in [3.8, 4) is 0 Å². The van der Waals surface area contributed by atoms with Gasteiger partial charge < -0.3 is 10.1 Å². The molecular formula is C18H22FNO2. The zero-order chi connectivity index (χ0) is 15.5. The van der Waals surface area contributed by atoms with Crippen LogP contribution in [0, 0.1) is 23.1 Å². The molecular weight excluding hydrogens is 281 g/mol. The number of fused-ring (bicyclic) bond motifs is 1. The Hall–Kier alpha value is -1.42. The second kappa shape index (κ2) is 4.79. The van der Waals surface area contributed by atoms with E-state index in [-0.39, 0.29) is 41.1 Å². The van der Waals surface area contributed by atoms with Crippen molar-refractivity contribution in [1.82, 2.24) is 5.32 Å². The fraction of sp³-hybridized carbons (Fsp3) is 0.611. The number of carbonyl (C=O) groups is 1. The second-order valence-electron chi connectivity index (χ2n) is 7.56. The highest BCUT2D eigenvalue weighted by Gasteiger charge is 2.60. The van der Waals surface area contributed by atoms with Crippen LogP contribution >= 0.6 is 0 Å². The number of amides is 1. The average molecular weight is 303 g/mol. The fourth-order valence-electron chi connectivity index (χ4n) is 4.47. The molecule has 22 heavy (non-hydrogen) atoms. The summed E-state index contributed by atoms with van der Waals surface area (Å²) >= 11 is 0. The van der Waals surface area contributed by atoms with E-state index in [9.17, 15) is 9.18 Å². The van der Waals surface area contributed by atoms with Gasteiger partial charge in [-0.25, -0.2) is 4.39 Å². The van der Waals surface area contributed by atoms with Crippen LogP contribution < -0.4 is 5.32 Å². The summed E-state index contributed by atoms with van der Waals surface area (Å²) in [5.41, 5.74) is 0.954. The molecule has 3 fully saturated rings. The lowest BCUT2D eigenvalue weighted by Crippen LogP contribution is -2.66. The highest BCUT2D eigenvalue weighted by Crippen LogP contribution is 2.53. The van der Waals surface area contributed by atoms with E-state index in [1.165, 1.54) is 6.07 Å². The van der Waals surface area contributed by atoms with Gasteiger partial charge in [-0.3, -0.25) is 4.79 Å². The lowest BCUT2D eigenvalue weighted by Gasteiger charge is -2.54. The molecule has 1 heterocycles. The van der Waals surface area contributed by atoms with E-state index >= 15 is 0 Å². The number of rotatable bonds is 3. The van der Waals surface area contributed by atoms with Gasteiger partial charge in [0.05, 0.1) is 6.10 Å². The summed E-state index contributed by atoms with van der Waals surface area (Å²) < 4.78 is 19.1. The van der Waals surface area contributed by atoms with Gasteiger partial charge in [-0.15, -0.1) is 0 Å². The minimum absolute atomic E-state index is 0.000952. The van der Waals surface area contributed by atoms with Crippen LogP contribution in [0.15, 0.2) is 24.3 Å². The largest absolute Gasteiger partial charge is 0.377 e. The van der Waals surface area contributed by atoms with Crippen LogP contribution in [-0.2, 0) is 9.53 Å². The Morgan fingerprint density at radius 2 is 2.23 bits per heavy atom. The van der Waals surface area contributed by atoms with Crippen LogP contribution in [0.1, 0.15) is 38.2 Å². The molecule has 1 N–H and O–H groups in total. The summed E-state index contributed by atoms with van der Waals surface area (Å²) in [6.07, 6.45) is 2.15. The van der Waals surface area contributed by atoms with E-state index in [1.807, 2.05) is 6.07 Å². The average Bonchev–Trinajstić information content (AvgIpc) is 3.15. The second-order valence-corrected chi connectivity index (χ2v) is 7.56. The summed E-state index contributed by atoms with van der Waals surface area (Å²) in [7, 11) is 0. The van der Waals surface area contributed by atoms with Gasteiger partial charge in [-0.05, 0) is 36.5 Å². The number of carbonyl (C=O) groups excluding carboxylic acids is 1. The first-order valence-corrected chi connectivity index (χ1v) is 8.16. The van der Waals surface area contributed by atoms with E-state index in [0.29, 0.717) is 5.92 Å². The normalized spacial score (nSPS) is 38.0. The molecule has 5 atom stereocenters. The molecule has 2 saturated carbocycles. The molecule has 5 unspecified atom stereocenters. The highest BCUT2D eigenvalue weighted by molar-refractivity contribution is 5.83. The quantitative estimate of drug-likeness (QED) is 0.932. The minimum Gasteiger partial charge on any atom is -0.377 e. The molecule has 0 spiro atoms. The van der Waals surface area contributed by atoms with Crippen LogP contribution in [0.5, 0.6) is 0 Å². The lowest BCUT2D eigenvalue weighted by atomic mass is 9.57. The summed E-state index contributed by atoms with van der Waals surface area (Å²) in [5, 5.41) is 3.24. The maximum absolute atomic E-state index is 13.3. The first-order valence-electron chi connectivity index (χ1n) is 8.16. The molecule has 1 aromatic carbocycles. The van der Waals surface area contributed by atoms with Gasteiger partial charge in [0.1, 0.15) is 5.82 Å². The van der Waals surface area contributed by atoms with Crippen molar-refractivity contribution in [3.05, 3.63) is 35.6 Å². The molecule has 118 valence electrons. The molecule has 1 aromatic rings. The molecule has 0 aromatic heterocycles. The van der Waals surface area contributed by atoms with Gasteiger partial charge in [0.15, 0.2) is 0 Å². The van der Waals surface area contributed by atoms with Crippen molar-refractivity contribution >= 4 is 5.91 Å². The minimum atomic E-state index is -0.227. The SMILES string of the molecule is CC1(C)C(NC(=O)C2CC2c2cccc(F)c2)C2CCOC21. The maximum atomic E-state index is 13.3. The molecule has 3 nitrogen and oxygen atoms in total. The molecule has 4 rings (SSSR count). The lowest BCUT2D eigenvalue weighted by molar-refractivity contribution is -0.138. The van der Waals surface area contributed by atoms with E-state index in [0.717, 1.165) is 25.0 Å². The van der Waals surface area contributed by atoms with Gasteiger partial charge in [0.2, 0.25) is 5.91 Å². The molecule has 1 saturated heterocycles. The van der Waals surface area contributed by atoms with Crippen molar-refractivity contribution < 1.29 is 13.9 Å². The Bertz CT molecular complexity index is 615. The molecule has 0 bridgehead atoms. The number of benzene rings is 1.